The average molecular weight is 410 g/mol. The highest BCUT2D eigenvalue weighted by Crippen LogP contribution is 2.26. The van der Waals surface area contributed by atoms with Crippen LogP contribution in [0.5, 0.6) is 17.2 Å². The number of nitrogens with zero attached hydrogens (tertiary/aromatic N) is 1. The zero-order chi connectivity index (χ0) is 21.9. The predicted molar refractivity (Wildman–Crippen MR) is 113 cm³/mol. The summed E-state index contributed by atoms with van der Waals surface area (Å²) in [5, 5.41) is 32.3. The van der Waals surface area contributed by atoms with E-state index in [2.05, 4.69) is 10.5 Å². The maximum atomic E-state index is 12.3. The van der Waals surface area contributed by atoms with Crippen LogP contribution in [0.3, 0.4) is 0 Å². The highest BCUT2D eigenvalue weighted by atomic mass is 16.5. The van der Waals surface area contributed by atoms with E-state index in [9.17, 15) is 24.9 Å². The zero-order valence-corrected chi connectivity index (χ0v) is 16.3. The SMILES string of the molecule is COc1cc(/C=C/C(CC(=O)/C=C/c2ccc(O)c(CO)c2)=NNC=O)ccc1O. The second-order valence-corrected chi connectivity index (χ2v) is 6.14. The molecule has 8 heteroatoms. The van der Waals surface area contributed by atoms with Gasteiger partial charge >= 0.3 is 0 Å². The molecular formula is C22H22N2O6. The van der Waals surface area contributed by atoms with Gasteiger partial charge in [0.2, 0.25) is 6.41 Å². The predicted octanol–water partition coefficient (Wildman–Crippen LogP) is 2.39. The van der Waals surface area contributed by atoms with Crippen LogP contribution >= 0.6 is 0 Å². The Morgan fingerprint density at radius 2 is 1.73 bits per heavy atom. The third-order valence-electron chi connectivity index (χ3n) is 4.02. The van der Waals surface area contributed by atoms with Gasteiger partial charge in [-0.15, -0.1) is 0 Å². The van der Waals surface area contributed by atoms with E-state index in [1.165, 1.54) is 25.3 Å². The molecule has 30 heavy (non-hydrogen) atoms. The van der Waals surface area contributed by atoms with Gasteiger partial charge in [-0.1, -0.05) is 24.3 Å². The molecule has 0 heterocycles. The molecule has 0 spiro atoms. The fourth-order valence-electron chi connectivity index (χ4n) is 2.50. The second-order valence-electron chi connectivity index (χ2n) is 6.14. The highest BCUT2D eigenvalue weighted by Gasteiger charge is 2.05. The first kappa shape index (κ1) is 22.4. The third kappa shape index (κ3) is 6.61. The van der Waals surface area contributed by atoms with Gasteiger partial charge in [0.05, 0.1) is 25.8 Å². The van der Waals surface area contributed by atoms with Crippen LogP contribution in [-0.2, 0) is 16.2 Å². The van der Waals surface area contributed by atoms with Gasteiger partial charge in [0.1, 0.15) is 5.75 Å². The van der Waals surface area contributed by atoms with Gasteiger partial charge in [0, 0.05) is 5.56 Å². The number of allylic oxidation sites excluding steroid dienone is 2. The second kappa shape index (κ2) is 11.2. The first-order valence-electron chi connectivity index (χ1n) is 8.91. The molecule has 2 aromatic rings. The van der Waals surface area contributed by atoms with Crippen LogP contribution in [0.15, 0.2) is 53.7 Å². The molecule has 156 valence electrons. The summed E-state index contributed by atoms with van der Waals surface area (Å²) in [6.07, 6.45) is 6.45. The van der Waals surface area contributed by atoms with Crippen LogP contribution in [0.25, 0.3) is 12.2 Å². The number of hydrazone groups is 1. The van der Waals surface area contributed by atoms with Gasteiger partial charge in [-0.25, -0.2) is 5.43 Å². The first-order valence-corrected chi connectivity index (χ1v) is 8.91. The Bertz CT molecular complexity index is 995. The number of hydrogen-bond donors (Lipinski definition) is 4. The lowest BCUT2D eigenvalue weighted by molar-refractivity contribution is -0.113. The fourth-order valence-corrected chi connectivity index (χ4v) is 2.50. The minimum absolute atomic E-state index is 0.00469. The molecule has 0 aliphatic carbocycles. The minimum Gasteiger partial charge on any atom is -0.508 e. The van der Waals surface area contributed by atoms with Gasteiger partial charge in [0.25, 0.3) is 0 Å². The van der Waals surface area contributed by atoms with Crippen molar-refractivity contribution in [2.75, 3.05) is 7.11 Å². The van der Waals surface area contributed by atoms with Crippen molar-refractivity contribution in [1.82, 2.24) is 5.43 Å². The Labute approximate surface area is 173 Å². The van der Waals surface area contributed by atoms with E-state index in [1.54, 1.807) is 42.5 Å². The summed E-state index contributed by atoms with van der Waals surface area (Å²) in [6, 6.07) is 9.36. The fraction of sp³-hybridized carbons (Fsp3) is 0.136. The van der Waals surface area contributed by atoms with Crippen molar-refractivity contribution in [2.45, 2.75) is 13.0 Å². The van der Waals surface area contributed by atoms with Crippen molar-refractivity contribution in [3.63, 3.8) is 0 Å². The van der Waals surface area contributed by atoms with E-state index in [0.717, 1.165) is 0 Å². The molecule has 0 atom stereocenters. The van der Waals surface area contributed by atoms with Crippen LogP contribution < -0.4 is 10.2 Å². The topological polar surface area (TPSA) is 128 Å². The molecule has 0 saturated heterocycles. The third-order valence-corrected chi connectivity index (χ3v) is 4.02. The first-order chi connectivity index (χ1) is 14.5. The normalized spacial score (nSPS) is 11.7. The van der Waals surface area contributed by atoms with E-state index in [1.807, 2.05) is 0 Å². The van der Waals surface area contributed by atoms with E-state index in [-0.39, 0.29) is 30.3 Å². The van der Waals surface area contributed by atoms with Gasteiger partial charge in [-0.3, -0.25) is 9.59 Å². The highest BCUT2D eigenvalue weighted by molar-refractivity contribution is 6.13. The summed E-state index contributed by atoms with van der Waals surface area (Å²) >= 11 is 0. The average Bonchev–Trinajstić information content (AvgIpc) is 2.75. The molecule has 0 aromatic heterocycles. The Kier molecular flexibility index (Phi) is 8.34. The summed E-state index contributed by atoms with van der Waals surface area (Å²) in [7, 11) is 1.44. The molecule has 0 saturated carbocycles. The molecule has 0 aliphatic heterocycles. The number of phenols is 2. The number of aromatic hydroxyl groups is 2. The summed E-state index contributed by atoms with van der Waals surface area (Å²) in [6.45, 7) is -0.317. The number of hydrogen-bond acceptors (Lipinski definition) is 7. The molecule has 8 nitrogen and oxygen atoms in total. The monoisotopic (exact) mass is 410 g/mol. The molecule has 0 fully saturated rings. The van der Waals surface area contributed by atoms with E-state index in [0.29, 0.717) is 34.6 Å². The number of ketones is 1. The number of aliphatic hydroxyl groups is 1. The van der Waals surface area contributed by atoms with Crippen molar-refractivity contribution in [2.24, 2.45) is 5.10 Å². The standard InChI is InChI=1S/C22H22N2O6/c1-30-22-11-16(5-9-21(22)29)2-6-18(24-23-14-26)12-19(27)7-3-15-4-8-20(28)17(10-15)13-25/h2-11,14,25,28-29H,12-13H2,1H3,(H,23,26)/b6-2+,7-3+,24-18?. The van der Waals surface area contributed by atoms with Crippen molar-refractivity contribution in [3.05, 3.63) is 65.2 Å². The largest absolute Gasteiger partial charge is 0.508 e. The Morgan fingerprint density at radius 1 is 1.07 bits per heavy atom. The maximum Gasteiger partial charge on any atom is 0.227 e. The molecule has 2 aromatic carbocycles. The number of phenolic OH excluding ortho intramolecular Hbond substituents is 1. The number of nitrogens with one attached hydrogen (secondary N) is 1. The van der Waals surface area contributed by atoms with Gasteiger partial charge < -0.3 is 20.1 Å². The number of rotatable bonds is 10. The summed E-state index contributed by atoms with van der Waals surface area (Å²) in [4.78, 5) is 22.9. The number of methoxy groups -OCH3 is 1. The number of amides is 1. The lowest BCUT2D eigenvalue weighted by Gasteiger charge is -2.04. The van der Waals surface area contributed by atoms with Crippen LogP contribution in [-0.4, -0.2) is 40.3 Å². The minimum atomic E-state index is -0.317. The summed E-state index contributed by atoms with van der Waals surface area (Å²) < 4.78 is 5.05. The number of carbonyl (C=O) groups is 2. The molecule has 4 N–H and O–H groups in total. The van der Waals surface area contributed by atoms with E-state index < -0.39 is 0 Å². The number of carbonyl (C=O) groups excluding carboxylic acids is 2. The maximum absolute atomic E-state index is 12.3. The van der Waals surface area contributed by atoms with Crippen LogP contribution in [0.1, 0.15) is 23.1 Å². The summed E-state index contributed by atoms with van der Waals surface area (Å²) in [5.41, 5.74) is 4.18. The van der Waals surface area contributed by atoms with Crippen molar-refractivity contribution >= 4 is 30.1 Å². The summed E-state index contributed by atoms with van der Waals surface area (Å²) in [5.74, 6) is 0.0150. The van der Waals surface area contributed by atoms with Crippen molar-refractivity contribution in [3.8, 4) is 17.2 Å². The lowest BCUT2D eigenvalue weighted by Crippen LogP contribution is -2.10. The van der Waals surface area contributed by atoms with Crippen molar-refractivity contribution < 1.29 is 29.6 Å². The molecule has 0 aliphatic rings. The molecule has 2 rings (SSSR count). The zero-order valence-electron chi connectivity index (χ0n) is 16.3. The van der Waals surface area contributed by atoms with Crippen LogP contribution in [0, 0.1) is 0 Å². The molecule has 0 bridgehead atoms. The Hall–Kier alpha value is -3.91. The van der Waals surface area contributed by atoms with Crippen LogP contribution in [0.4, 0.5) is 0 Å². The number of benzene rings is 2. The lowest BCUT2D eigenvalue weighted by atomic mass is 10.1. The van der Waals surface area contributed by atoms with Gasteiger partial charge in [-0.05, 0) is 47.5 Å². The van der Waals surface area contributed by atoms with Crippen molar-refractivity contribution in [1.29, 1.82) is 0 Å². The van der Waals surface area contributed by atoms with E-state index >= 15 is 0 Å². The van der Waals surface area contributed by atoms with Crippen LogP contribution in [0.2, 0.25) is 0 Å². The Balaban J connectivity index is 2.12. The quantitative estimate of drug-likeness (QED) is 0.206. The van der Waals surface area contributed by atoms with Gasteiger partial charge in [-0.2, -0.15) is 5.10 Å². The van der Waals surface area contributed by atoms with E-state index in [4.69, 9.17) is 4.74 Å². The molecule has 0 radical (unpaired) electrons. The smallest absolute Gasteiger partial charge is 0.227 e. The number of ether oxygens (including phenoxy) is 1. The molecular weight excluding hydrogens is 388 g/mol. The van der Waals surface area contributed by atoms with Gasteiger partial charge in [0.15, 0.2) is 17.3 Å². The molecule has 0 unspecified atom stereocenters. The number of aliphatic hydroxyl groups excluding tert-OH is 1. The Morgan fingerprint density at radius 3 is 2.40 bits per heavy atom. The molecule has 1 amide bonds.